The number of hydrogen-bond donors (Lipinski definition) is 1. The minimum atomic E-state index is -2.97. The smallest absolute Gasteiger partial charge is 0.387 e. The zero-order valence-corrected chi connectivity index (χ0v) is 6.70. The van der Waals surface area contributed by atoms with E-state index in [0.717, 1.165) is 12.3 Å². The largest absolute Gasteiger partial charge is 0.506 e. The first-order valence-electron chi connectivity index (χ1n) is 3.31. The molecule has 1 aromatic heterocycles. The molecule has 1 heterocycles. The summed E-state index contributed by atoms with van der Waals surface area (Å²) in [5, 5.41) is 8.90. The van der Waals surface area contributed by atoms with Crippen molar-refractivity contribution in [1.29, 1.82) is 0 Å². The highest BCUT2D eigenvalue weighted by atomic mass is 19.3. The number of hydrogen-bond acceptors (Lipinski definition) is 4. The molecule has 0 atom stereocenters. The van der Waals surface area contributed by atoms with Crippen molar-refractivity contribution in [3.05, 3.63) is 12.3 Å². The molecule has 0 spiro atoms. The zero-order chi connectivity index (χ0) is 9.84. The van der Waals surface area contributed by atoms with E-state index in [1.54, 1.807) is 0 Å². The molecule has 0 unspecified atom stereocenters. The van der Waals surface area contributed by atoms with Crippen LogP contribution in [0.2, 0.25) is 0 Å². The molecule has 0 bridgehead atoms. The van der Waals surface area contributed by atoms with Gasteiger partial charge in [-0.05, 0) is 0 Å². The highest BCUT2D eigenvalue weighted by Crippen LogP contribution is 2.28. The molecule has 13 heavy (non-hydrogen) atoms. The molecular weight excluding hydrogens is 184 g/mol. The lowest BCUT2D eigenvalue weighted by Gasteiger charge is -2.07. The molecule has 6 heteroatoms. The molecule has 72 valence electrons. The van der Waals surface area contributed by atoms with Crippen LogP contribution in [-0.2, 0) is 0 Å². The number of rotatable bonds is 3. The average Bonchev–Trinajstić information content (AvgIpc) is 2.03. The lowest BCUT2D eigenvalue weighted by Crippen LogP contribution is -2.04. The molecule has 0 radical (unpaired) electrons. The Morgan fingerprint density at radius 3 is 2.77 bits per heavy atom. The second-order valence-corrected chi connectivity index (χ2v) is 2.08. The summed E-state index contributed by atoms with van der Waals surface area (Å²) in [7, 11) is 1.26. The van der Waals surface area contributed by atoms with Crippen LogP contribution < -0.4 is 9.47 Å². The second kappa shape index (κ2) is 3.88. The normalized spacial score (nSPS) is 10.2. The summed E-state index contributed by atoms with van der Waals surface area (Å²) in [6, 6.07) is 0.998. The van der Waals surface area contributed by atoms with Gasteiger partial charge in [-0.25, -0.2) is 4.98 Å². The number of ether oxygens (including phenoxy) is 2. The summed E-state index contributed by atoms with van der Waals surface area (Å²) < 4.78 is 32.2. The third-order valence-corrected chi connectivity index (χ3v) is 1.21. The van der Waals surface area contributed by atoms with E-state index in [9.17, 15) is 8.78 Å². The van der Waals surface area contributed by atoms with E-state index < -0.39 is 6.61 Å². The van der Waals surface area contributed by atoms with Gasteiger partial charge in [0.2, 0.25) is 0 Å². The number of aromatic nitrogens is 1. The maximum Gasteiger partial charge on any atom is 0.387 e. The predicted octanol–water partition coefficient (Wildman–Crippen LogP) is 1.40. The van der Waals surface area contributed by atoms with Crippen LogP contribution in [0.3, 0.4) is 0 Å². The van der Waals surface area contributed by atoms with Crippen LogP contribution in [0.1, 0.15) is 0 Å². The van der Waals surface area contributed by atoms with Gasteiger partial charge < -0.3 is 14.6 Å². The summed E-state index contributed by atoms with van der Waals surface area (Å²) in [4.78, 5) is 3.52. The molecular formula is C7H7F2NO3. The first-order valence-corrected chi connectivity index (χ1v) is 3.31. The van der Waals surface area contributed by atoms with Gasteiger partial charge >= 0.3 is 6.61 Å². The molecule has 1 aromatic rings. The van der Waals surface area contributed by atoms with Crippen molar-refractivity contribution < 1.29 is 23.4 Å². The fourth-order valence-electron chi connectivity index (χ4n) is 0.755. The van der Waals surface area contributed by atoms with E-state index in [4.69, 9.17) is 5.11 Å². The molecule has 0 aliphatic rings. The Labute approximate surface area is 72.7 Å². The van der Waals surface area contributed by atoms with Gasteiger partial charge in [0, 0.05) is 6.07 Å². The predicted molar refractivity (Wildman–Crippen MR) is 39.1 cm³/mol. The summed E-state index contributed by atoms with van der Waals surface area (Å²) in [6.45, 7) is -2.97. The molecule has 0 fully saturated rings. The third kappa shape index (κ3) is 2.43. The van der Waals surface area contributed by atoms with Gasteiger partial charge in [-0.1, -0.05) is 0 Å². The van der Waals surface area contributed by atoms with Crippen molar-refractivity contribution in [1.82, 2.24) is 4.98 Å². The monoisotopic (exact) mass is 191 g/mol. The zero-order valence-electron chi connectivity index (χ0n) is 6.70. The molecule has 0 aliphatic carbocycles. The molecule has 0 amide bonds. The first kappa shape index (κ1) is 9.50. The standard InChI is InChI=1S/C7H7F2NO3/c1-12-6-5(13-7(8)9)2-4(11)3-10-6/h2-3,7,11H,1H3. The third-order valence-electron chi connectivity index (χ3n) is 1.21. The van der Waals surface area contributed by atoms with Gasteiger partial charge in [-0.2, -0.15) is 8.78 Å². The minimum Gasteiger partial charge on any atom is -0.506 e. The second-order valence-electron chi connectivity index (χ2n) is 2.08. The number of aromatic hydroxyl groups is 1. The lowest BCUT2D eigenvalue weighted by molar-refractivity contribution is -0.0516. The summed E-state index contributed by atoms with van der Waals surface area (Å²) in [5.41, 5.74) is 0. The molecule has 1 rings (SSSR count). The number of alkyl halides is 2. The SMILES string of the molecule is COc1ncc(O)cc1OC(F)F. The van der Waals surface area contributed by atoms with Gasteiger partial charge in [-0.15, -0.1) is 0 Å². The maximum absolute atomic E-state index is 11.8. The van der Waals surface area contributed by atoms with Crippen LogP contribution in [0.15, 0.2) is 12.3 Å². The van der Waals surface area contributed by atoms with Crippen molar-refractivity contribution in [3.63, 3.8) is 0 Å². The summed E-state index contributed by atoms with van der Waals surface area (Å²) >= 11 is 0. The van der Waals surface area contributed by atoms with Crippen LogP contribution >= 0.6 is 0 Å². The molecule has 0 aromatic carbocycles. The Bertz CT molecular complexity index is 293. The Balaban J connectivity index is 2.94. The average molecular weight is 191 g/mol. The maximum atomic E-state index is 11.8. The molecule has 0 aliphatic heterocycles. The Hall–Kier alpha value is -1.59. The van der Waals surface area contributed by atoms with Crippen LogP contribution in [-0.4, -0.2) is 23.8 Å². The van der Waals surface area contributed by atoms with Crippen LogP contribution in [0.25, 0.3) is 0 Å². The van der Waals surface area contributed by atoms with Crippen molar-refractivity contribution in [3.8, 4) is 17.4 Å². The highest BCUT2D eigenvalue weighted by molar-refractivity contribution is 5.38. The number of pyridine rings is 1. The van der Waals surface area contributed by atoms with Crippen molar-refractivity contribution >= 4 is 0 Å². The van der Waals surface area contributed by atoms with Gasteiger partial charge in [0.15, 0.2) is 5.75 Å². The van der Waals surface area contributed by atoms with Gasteiger partial charge in [-0.3, -0.25) is 0 Å². The van der Waals surface area contributed by atoms with E-state index in [-0.39, 0.29) is 17.4 Å². The molecule has 0 saturated heterocycles. The van der Waals surface area contributed by atoms with Crippen LogP contribution in [0, 0.1) is 0 Å². The summed E-state index contributed by atoms with van der Waals surface area (Å²) in [5.74, 6) is -0.660. The van der Waals surface area contributed by atoms with Crippen molar-refractivity contribution in [2.24, 2.45) is 0 Å². The molecule has 0 saturated carbocycles. The highest BCUT2D eigenvalue weighted by Gasteiger charge is 2.11. The Morgan fingerprint density at radius 2 is 2.23 bits per heavy atom. The first-order chi connectivity index (χ1) is 6.13. The Kier molecular flexibility index (Phi) is 2.84. The van der Waals surface area contributed by atoms with Gasteiger partial charge in [0.25, 0.3) is 5.88 Å². The van der Waals surface area contributed by atoms with Crippen molar-refractivity contribution in [2.45, 2.75) is 6.61 Å². The summed E-state index contributed by atoms with van der Waals surface area (Å²) in [6.07, 6.45) is 1.07. The topological polar surface area (TPSA) is 51.6 Å². The number of halogens is 2. The fraction of sp³-hybridized carbons (Fsp3) is 0.286. The number of methoxy groups -OCH3 is 1. The molecule has 1 N–H and O–H groups in total. The minimum absolute atomic E-state index is 0.0990. The van der Waals surface area contributed by atoms with Crippen LogP contribution in [0.5, 0.6) is 17.4 Å². The number of nitrogens with zero attached hydrogens (tertiary/aromatic N) is 1. The van der Waals surface area contributed by atoms with E-state index in [1.807, 2.05) is 0 Å². The quantitative estimate of drug-likeness (QED) is 0.784. The Morgan fingerprint density at radius 1 is 1.54 bits per heavy atom. The molecule has 4 nitrogen and oxygen atoms in total. The van der Waals surface area contributed by atoms with Gasteiger partial charge in [0.1, 0.15) is 5.75 Å². The fourth-order valence-corrected chi connectivity index (χ4v) is 0.755. The van der Waals surface area contributed by atoms with Crippen LogP contribution in [0.4, 0.5) is 8.78 Å². The van der Waals surface area contributed by atoms with Gasteiger partial charge in [0.05, 0.1) is 13.3 Å². The van der Waals surface area contributed by atoms with E-state index in [1.165, 1.54) is 7.11 Å². The van der Waals surface area contributed by atoms with Crippen molar-refractivity contribution in [2.75, 3.05) is 7.11 Å². The van der Waals surface area contributed by atoms with E-state index in [2.05, 4.69) is 14.5 Å². The van der Waals surface area contributed by atoms with E-state index >= 15 is 0 Å². The lowest BCUT2D eigenvalue weighted by atomic mass is 10.4. The van der Waals surface area contributed by atoms with E-state index in [0.29, 0.717) is 0 Å².